The minimum absolute atomic E-state index is 0.0997. The Labute approximate surface area is 111 Å². The van der Waals surface area contributed by atoms with Crippen molar-refractivity contribution >= 4 is 17.6 Å². The van der Waals surface area contributed by atoms with Crippen LogP contribution >= 0.6 is 0 Å². The number of carbonyl (C=O) groups is 2. The minimum atomic E-state index is -0.947. The van der Waals surface area contributed by atoms with Crippen LogP contribution < -0.4 is 5.32 Å². The molecule has 1 aromatic carbocycles. The van der Waals surface area contributed by atoms with Crippen LogP contribution in [0.2, 0.25) is 0 Å². The van der Waals surface area contributed by atoms with Crippen LogP contribution in [0.25, 0.3) is 0 Å². The first kappa shape index (κ1) is 15.1. The lowest BCUT2D eigenvalue weighted by Crippen LogP contribution is -2.37. The van der Waals surface area contributed by atoms with Crippen molar-refractivity contribution in [2.75, 3.05) is 18.9 Å². The molecule has 1 unspecified atom stereocenters. The molecule has 1 rings (SSSR count). The highest BCUT2D eigenvalue weighted by molar-refractivity contribution is 5.90. The average Bonchev–Trinajstić information content (AvgIpc) is 2.37. The van der Waals surface area contributed by atoms with Crippen LogP contribution in [0, 0.1) is 5.82 Å². The Morgan fingerprint density at radius 2 is 2.05 bits per heavy atom. The molecular weight excluding hydrogens is 251 g/mol. The number of nitrogens with zero attached hydrogens (tertiary/aromatic N) is 1. The number of hydrogen-bond donors (Lipinski definition) is 2. The zero-order valence-corrected chi connectivity index (χ0v) is 10.9. The number of halogens is 1. The van der Waals surface area contributed by atoms with Crippen LogP contribution in [0.5, 0.6) is 0 Å². The third-order valence-corrected chi connectivity index (χ3v) is 2.86. The molecule has 19 heavy (non-hydrogen) atoms. The number of rotatable bonds is 6. The molecule has 0 saturated carbocycles. The highest BCUT2D eigenvalue weighted by Crippen LogP contribution is 2.12. The van der Waals surface area contributed by atoms with E-state index < -0.39 is 17.8 Å². The molecular formula is C13H17FN2O3. The van der Waals surface area contributed by atoms with Crippen molar-refractivity contribution in [1.82, 2.24) is 4.90 Å². The fraction of sp³-hybridized carbons (Fsp3) is 0.385. The Morgan fingerprint density at radius 1 is 1.42 bits per heavy atom. The number of nitrogens with one attached hydrogen (secondary N) is 1. The summed E-state index contributed by atoms with van der Waals surface area (Å²) in [6.45, 7) is 1.82. The van der Waals surface area contributed by atoms with Gasteiger partial charge in [0.2, 0.25) is 5.91 Å². The second kappa shape index (κ2) is 6.84. The molecule has 5 nitrogen and oxygen atoms in total. The van der Waals surface area contributed by atoms with E-state index in [1.54, 1.807) is 18.0 Å². The van der Waals surface area contributed by atoms with E-state index in [0.717, 1.165) is 0 Å². The highest BCUT2D eigenvalue weighted by atomic mass is 19.1. The normalized spacial score (nSPS) is 12.2. The zero-order valence-electron chi connectivity index (χ0n) is 10.9. The van der Waals surface area contributed by atoms with Gasteiger partial charge < -0.3 is 10.4 Å². The van der Waals surface area contributed by atoms with Gasteiger partial charge in [0.25, 0.3) is 0 Å². The second-order valence-corrected chi connectivity index (χ2v) is 4.27. The Balaban J connectivity index is 2.45. The van der Waals surface area contributed by atoms with E-state index in [1.165, 1.54) is 25.1 Å². The molecule has 1 amide bonds. The number of para-hydroxylation sites is 1. The van der Waals surface area contributed by atoms with Gasteiger partial charge in [-0.1, -0.05) is 12.1 Å². The fourth-order valence-corrected chi connectivity index (χ4v) is 1.44. The van der Waals surface area contributed by atoms with Crippen molar-refractivity contribution in [3.05, 3.63) is 30.1 Å². The molecule has 0 aliphatic heterocycles. The Kier molecular flexibility index (Phi) is 5.44. The Bertz CT molecular complexity index is 465. The van der Waals surface area contributed by atoms with Crippen LogP contribution in [0.4, 0.5) is 10.1 Å². The Hall–Kier alpha value is -1.95. The lowest BCUT2D eigenvalue weighted by molar-refractivity contribution is -0.142. The third kappa shape index (κ3) is 4.67. The number of carboxylic acid groups (broad SMARTS) is 1. The number of carbonyl (C=O) groups excluding carboxylic acids is 1. The lowest BCUT2D eigenvalue weighted by atomic mass is 10.2. The molecule has 0 heterocycles. The molecule has 1 atom stereocenters. The van der Waals surface area contributed by atoms with Gasteiger partial charge in [-0.25, -0.2) is 4.39 Å². The van der Waals surface area contributed by atoms with Crippen LogP contribution in [0.15, 0.2) is 24.3 Å². The molecule has 2 N–H and O–H groups in total. The Morgan fingerprint density at radius 3 is 2.63 bits per heavy atom. The molecule has 6 heteroatoms. The van der Waals surface area contributed by atoms with Gasteiger partial charge in [0.15, 0.2) is 0 Å². The second-order valence-electron chi connectivity index (χ2n) is 4.27. The van der Waals surface area contributed by atoms with Crippen molar-refractivity contribution < 1.29 is 19.1 Å². The van der Waals surface area contributed by atoms with E-state index in [0.29, 0.717) is 0 Å². The van der Waals surface area contributed by atoms with Crippen LogP contribution in [0.3, 0.4) is 0 Å². The van der Waals surface area contributed by atoms with Gasteiger partial charge in [0.05, 0.1) is 5.69 Å². The number of likely N-dealkylation sites (N-methyl/N-ethyl adjacent to an activating group) is 1. The van der Waals surface area contributed by atoms with E-state index in [2.05, 4.69) is 5.32 Å². The van der Waals surface area contributed by atoms with Gasteiger partial charge in [-0.3, -0.25) is 14.5 Å². The first-order chi connectivity index (χ1) is 8.91. The summed E-state index contributed by atoms with van der Waals surface area (Å²) in [5.74, 6) is -1.80. The standard InChI is InChI=1S/C13H17FN2O3/c1-9(13(18)19)16(2)8-7-12(17)15-11-6-4-3-5-10(11)14/h3-6,9H,7-8H2,1-2H3,(H,15,17)(H,18,19). The summed E-state index contributed by atoms with van der Waals surface area (Å²) in [7, 11) is 1.62. The van der Waals surface area contributed by atoms with Crippen LogP contribution in [0.1, 0.15) is 13.3 Å². The maximum atomic E-state index is 13.3. The summed E-state index contributed by atoms with van der Waals surface area (Å²) in [6.07, 6.45) is 0.0997. The molecule has 0 saturated heterocycles. The van der Waals surface area contributed by atoms with Crippen LogP contribution in [-0.4, -0.2) is 41.5 Å². The largest absolute Gasteiger partial charge is 0.480 e. The van der Waals surface area contributed by atoms with E-state index in [-0.39, 0.29) is 24.6 Å². The maximum Gasteiger partial charge on any atom is 0.320 e. The first-order valence-electron chi connectivity index (χ1n) is 5.89. The number of aliphatic carboxylic acids is 1. The predicted octanol–water partition coefficient (Wildman–Crippen LogP) is 1.56. The topological polar surface area (TPSA) is 69.6 Å². The van der Waals surface area contributed by atoms with E-state index in [4.69, 9.17) is 5.11 Å². The monoisotopic (exact) mass is 268 g/mol. The molecule has 0 aromatic heterocycles. The minimum Gasteiger partial charge on any atom is -0.480 e. The van der Waals surface area contributed by atoms with Crippen LogP contribution in [-0.2, 0) is 9.59 Å². The first-order valence-corrected chi connectivity index (χ1v) is 5.89. The van der Waals surface area contributed by atoms with Gasteiger partial charge in [0.1, 0.15) is 11.9 Å². The third-order valence-electron chi connectivity index (χ3n) is 2.86. The van der Waals surface area contributed by atoms with E-state index in [9.17, 15) is 14.0 Å². The summed E-state index contributed by atoms with van der Waals surface area (Å²) in [5, 5.41) is 11.2. The summed E-state index contributed by atoms with van der Waals surface area (Å²) in [6, 6.07) is 5.22. The molecule has 0 spiro atoms. The van der Waals surface area contributed by atoms with Crippen molar-refractivity contribution in [2.45, 2.75) is 19.4 Å². The smallest absolute Gasteiger partial charge is 0.320 e. The van der Waals surface area contributed by atoms with Crippen molar-refractivity contribution in [3.8, 4) is 0 Å². The predicted molar refractivity (Wildman–Crippen MR) is 69.4 cm³/mol. The molecule has 0 aliphatic carbocycles. The molecule has 0 fully saturated rings. The summed E-state index contributed by atoms with van der Waals surface area (Å²) < 4.78 is 13.3. The number of carboxylic acids is 1. The van der Waals surface area contributed by atoms with Gasteiger partial charge in [0, 0.05) is 13.0 Å². The summed E-state index contributed by atoms with van der Waals surface area (Å²) >= 11 is 0. The average molecular weight is 268 g/mol. The van der Waals surface area contributed by atoms with Gasteiger partial charge >= 0.3 is 5.97 Å². The SMILES string of the molecule is CC(C(=O)O)N(C)CCC(=O)Nc1ccccc1F. The molecule has 0 bridgehead atoms. The number of amides is 1. The van der Waals surface area contributed by atoms with Gasteiger partial charge in [-0.15, -0.1) is 0 Å². The molecule has 0 radical (unpaired) electrons. The number of hydrogen-bond acceptors (Lipinski definition) is 3. The highest BCUT2D eigenvalue weighted by Gasteiger charge is 2.17. The number of benzene rings is 1. The van der Waals surface area contributed by atoms with Crippen molar-refractivity contribution in [2.24, 2.45) is 0 Å². The summed E-state index contributed by atoms with van der Waals surface area (Å²) in [4.78, 5) is 23.9. The van der Waals surface area contributed by atoms with Crippen molar-refractivity contribution in [1.29, 1.82) is 0 Å². The molecule has 0 aliphatic rings. The number of anilines is 1. The van der Waals surface area contributed by atoms with E-state index in [1.807, 2.05) is 0 Å². The molecule has 104 valence electrons. The van der Waals surface area contributed by atoms with Crippen molar-refractivity contribution in [3.63, 3.8) is 0 Å². The lowest BCUT2D eigenvalue weighted by Gasteiger charge is -2.20. The summed E-state index contributed by atoms with van der Waals surface area (Å²) in [5.41, 5.74) is 0.126. The van der Waals surface area contributed by atoms with E-state index >= 15 is 0 Å². The maximum absolute atomic E-state index is 13.3. The van der Waals surface area contributed by atoms with Gasteiger partial charge in [-0.2, -0.15) is 0 Å². The quantitative estimate of drug-likeness (QED) is 0.821. The fourth-order valence-electron chi connectivity index (χ4n) is 1.44. The molecule has 1 aromatic rings. The van der Waals surface area contributed by atoms with Gasteiger partial charge in [-0.05, 0) is 26.1 Å². The zero-order chi connectivity index (χ0) is 14.4.